The molecule has 164 valence electrons. The van der Waals surface area contributed by atoms with E-state index in [2.05, 4.69) is 15.0 Å². The molecule has 31 heavy (non-hydrogen) atoms. The minimum Gasteiger partial charge on any atom is -0.403 e. The fraction of sp³-hybridized carbons (Fsp3) is 0.444. The third-order valence-corrected chi connectivity index (χ3v) is 6.45. The number of rotatable bonds is 5. The van der Waals surface area contributed by atoms with Crippen LogP contribution in [0.5, 0.6) is 5.75 Å². The van der Waals surface area contributed by atoms with Crippen LogP contribution in [-0.4, -0.2) is 28.3 Å². The van der Waals surface area contributed by atoms with Gasteiger partial charge in [-0.2, -0.15) is 0 Å². The van der Waals surface area contributed by atoms with Gasteiger partial charge in [-0.05, 0) is 24.9 Å². The van der Waals surface area contributed by atoms with Crippen molar-refractivity contribution in [3.05, 3.63) is 72.4 Å². The predicted octanol–water partition coefficient (Wildman–Crippen LogP) is 2.85. The van der Waals surface area contributed by atoms with Crippen LogP contribution < -0.4 is 15.8 Å². The number of aromatic nitrogens is 2. The topological polar surface area (TPSA) is 158 Å². The summed E-state index contributed by atoms with van der Waals surface area (Å²) in [5.74, 6) is 0.448. The fourth-order valence-electron chi connectivity index (χ4n) is 3.50. The standard InChI is InChI=1S/C18H20N5O7P/c1-10-4-3-5-12-8-27-31(26,30-16(10)12)28-9-14-13(21-22-19)6-15(29-14)23-7-11(2)17(24)20-18(23)25/h3-5,7,13-15H,6,8-9H2,1-2H3,(H,20,24,25)/t13-,14+,15+,31?/m0/s1. The van der Waals surface area contributed by atoms with Gasteiger partial charge in [-0.3, -0.25) is 23.4 Å². The molecule has 1 saturated heterocycles. The van der Waals surface area contributed by atoms with Crippen molar-refractivity contribution in [2.75, 3.05) is 6.61 Å². The lowest BCUT2D eigenvalue weighted by Gasteiger charge is -2.27. The molecule has 2 aliphatic heterocycles. The number of aryl methyl sites for hydroxylation is 2. The molecular weight excluding hydrogens is 429 g/mol. The molecule has 0 aliphatic carbocycles. The smallest absolute Gasteiger partial charge is 0.403 e. The molecule has 1 aromatic carbocycles. The van der Waals surface area contributed by atoms with Gasteiger partial charge in [-0.1, -0.05) is 23.3 Å². The van der Waals surface area contributed by atoms with Crippen LogP contribution >= 0.6 is 7.82 Å². The Morgan fingerprint density at radius 2 is 2.16 bits per heavy atom. The van der Waals surface area contributed by atoms with Gasteiger partial charge in [0, 0.05) is 28.7 Å². The lowest BCUT2D eigenvalue weighted by Crippen LogP contribution is -2.33. The van der Waals surface area contributed by atoms with Gasteiger partial charge in [-0.25, -0.2) is 9.36 Å². The van der Waals surface area contributed by atoms with E-state index in [4.69, 9.17) is 23.8 Å². The Kier molecular flexibility index (Phi) is 5.74. The number of aromatic amines is 1. The molecule has 4 atom stereocenters. The molecule has 0 spiro atoms. The SMILES string of the molecule is Cc1cccc2c1OP(=O)(OC[C@H]1O[C@@H](n3cc(C)c(=O)[nH]c3=O)C[C@@H]1N=[N+]=[N-])OC2. The molecule has 0 bridgehead atoms. The van der Waals surface area contributed by atoms with Crippen molar-refractivity contribution in [2.24, 2.45) is 5.11 Å². The fourth-order valence-corrected chi connectivity index (χ4v) is 4.79. The second kappa shape index (κ2) is 8.33. The number of phosphoric acid groups is 1. The van der Waals surface area contributed by atoms with Gasteiger partial charge in [0.2, 0.25) is 0 Å². The van der Waals surface area contributed by atoms with E-state index in [0.717, 1.165) is 11.1 Å². The summed E-state index contributed by atoms with van der Waals surface area (Å²) in [4.78, 5) is 28.8. The highest BCUT2D eigenvalue weighted by atomic mass is 31.2. The van der Waals surface area contributed by atoms with E-state index in [1.54, 1.807) is 13.0 Å². The summed E-state index contributed by atoms with van der Waals surface area (Å²) >= 11 is 0. The molecule has 3 heterocycles. The van der Waals surface area contributed by atoms with E-state index in [-0.39, 0.29) is 19.6 Å². The first kappa shape index (κ1) is 21.4. The lowest BCUT2D eigenvalue weighted by atomic mass is 10.1. The van der Waals surface area contributed by atoms with Crippen molar-refractivity contribution < 1.29 is 22.9 Å². The number of phosphoric ester groups is 1. The molecule has 1 fully saturated rings. The lowest BCUT2D eigenvalue weighted by molar-refractivity contribution is -0.0288. The Bertz CT molecular complexity index is 1220. The minimum atomic E-state index is -3.92. The van der Waals surface area contributed by atoms with Crippen molar-refractivity contribution in [1.29, 1.82) is 0 Å². The maximum absolute atomic E-state index is 12.9. The summed E-state index contributed by atoms with van der Waals surface area (Å²) < 4.78 is 36.3. The number of nitrogens with one attached hydrogen (secondary N) is 1. The number of para-hydroxylation sites is 1. The van der Waals surface area contributed by atoms with E-state index in [9.17, 15) is 14.2 Å². The van der Waals surface area contributed by atoms with Gasteiger partial charge >= 0.3 is 13.5 Å². The van der Waals surface area contributed by atoms with Crippen molar-refractivity contribution in [3.8, 4) is 5.75 Å². The van der Waals surface area contributed by atoms with Crippen LogP contribution in [0, 0.1) is 13.8 Å². The average Bonchev–Trinajstić information content (AvgIpc) is 3.13. The van der Waals surface area contributed by atoms with Crippen molar-refractivity contribution in [3.63, 3.8) is 0 Å². The monoisotopic (exact) mass is 449 g/mol. The van der Waals surface area contributed by atoms with Gasteiger partial charge in [0.05, 0.1) is 25.4 Å². The Labute approximate surface area is 176 Å². The summed E-state index contributed by atoms with van der Waals surface area (Å²) in [5, 5.41) is 3.70. The molecule has 1 N–H and O–H groups in total. The molecule has 0 radical (unpaired) electrons. The molecule has 4 rings (SSSR count). The highest BCUT2D eigenvalue weighted by Gasteiger charge is 2.41. The van der Waals surface area contributed by atoms with E-state index in [1.165, 1.54) is 10.8 Å². The summed E-state index contributed by atoms with van der Waals surface area (Å²) in [6, 6.07) is 4.77. The molecule has 1 aromatic heterocycles. The number of benzene rings is 1. The van der Waals surface area contributed by atoms with E-state index < -0.39 is 37.4 Å². The first-order chi connectivity index (χ1) is 14.8. The molecule has 0 saturated carbocycles. The first-order valence-corrected chi connectivity index (χ1v) is 10.9. The van der Waals surface area contributed by atoms with Crippen LogP contribution in [0.2, 0.25) is 0 Å². The zero-order chi connectivity index (χ0) is 22.2. The van der Waals surface area contributed by atoms with Crippen molar-refractivity contribution in [2.45, 2.75) is 45.2 Å². The second-order valence-electron chi connectivity index (χ2n) is 7.29. The third-order valence-electron chi connectivity index (χ3n) is 5.13. The number of fused-ring (bicyclic) bond motifs is 1. The van der Waals surface area contributed by atoms with Gasteiger partial charge < -0.3 is 9.26 Å². The number of hydrogen-bond acceptors (Lipinski definition) is 8. The molecule has 0 amide bonds. The Morgan fingerprint density at radius 1 is 1.35 bits per heavy atom. The zero-order valence-corrected chi connectivity index (χ0v) is 17.7. The van der Waals surface area contributed by atoms with Crippen LogP contribution in [0.1, 0.15) is 29.3 Å². The summed E-state index contributed by atoms with van der Waals surface area (Å²) in [6.45, 7) is 3.18. The summed E-state index contributed by atoms with van der Waals surface area (Å²) in [7, 11) is -3.92. The van der Waals surface area contributed by atoms with E-state index >= 15 is 0 Å². The van der Waals surface area contributed by atoms with E-state index in [0.29, 0.717) is 11.3 Å². The highest BCUT2D eigenvalue weighted by Crippen LogP contribution is 2.55. The quantitative estimate of drug-likeness (QED) is 0.318. The van der Waals surface area contributed by atoms with Gasteiger partial charge in [0.15, 0.2) is 0 Å². The molecule has 2 aromatic rings. The summed E-state index contributed by atoms with van der Waals surface area (Å²) in [6.07, 6.45) is -0.0741. The third kappa shape index (κ3) is 4.30. The number of hydrogen-bond donors (Lipinski definition) is 1. The zero-order valence-electron chi connectivity index (χ0n) is 16.8. The second-order valence-corrected chi connectivity index (χ2v) is 8.88. The van der Waals surface area contributed by atoms with E-state index in [1.807, 2.05) is 19.1 Å². The molecule has 2 aliphatic rings. The van der Waals surface area contributed by atoms with Crippen molar-refractivity contribution in [1.82, 2.24) is 9.55 Å². The number of ether oxygens (including phenoxy) is 1. The predicted molar refractivity (Wildman–Crippen MR) is 108 cm³/mol. The van der Waals surface area contributed by atoms with Crippen LogP contribution in [0.25, 0.3) is 10.4 Å². The highest BCUT2D eigenvalue weighted by molar-refractivity contribution is 7.49. The van der Waals surface area contributed by atoms with Crippen LogP contribution in [0.15, 0.2) is 39.1 Å². The molecular formula is C18H20N5O7P. The number of H-pyrrole nitrogens is 1. The Balaban J connectivity index is 1.50. The minimum absolute atomic E-state index is 0.0638. The number of nitrogens with zero attached hydrogens (tertiary/aromatic N) is 4. The Hall–Kier alpha value is -2.88. The van der Waals surface area contributed by atoms with Gasteiger partial charge in [0.1, 0.15) is 12.0 Å². The van der Waals surface area contributed by atoms with Crippen LogP contribution in [-0.2, 0) is 25.0 Å². The molecule has 1 unspecified atom stereocenters. The largest absolute Gasteiger partial charge is 0.530 e. The first-order valence-electron chi connectivity index (χ1n) is 9.48. The summed E-state index contributed by atoms with van der Waals surface area (Å²) in [5.41, 5.74) is 9.61. The van der Waals surface area contributed by atoms with Crippen molar-refractivity contribution >= 4 is 7.82 Å². The normalized spacial score (nSPS) is 27.2. The maximum Gasteiger partial charge on any atom is 0.530 e. The Morgan fingerprint density at radius 3 is 2.94 bits per heavy atom. The van der Waals surface area contributed by atoms with Gasteiger partial charge in [-0.15, -0.1) is 0 Å². The maximum atomic E-state index is 12.9. The van der Waals surface area contributed by atoms with Gasteiger partial charge in [0.25, 0.3) is 5.56 Å². The van der Waals surface area contributed by atoms with Crippen LogP contribution in [0.4, 0.5) is 0 Å². The average molecular weight is 449 g/mol. The molecule has 12 nitrogen and oxygen atoms in total. The number of azide groups is 1. The molecule has 13 heteroatoms. The van der Waals surface area contributed by atoms with Crippen LogP contribution in [0.3, 0.4) is 0 Å².